The molecule has 0 fully saturated rings. The highest BCUT2D eigenvalue weighted by Gasteiger charge is 2.25. The van der Waals surface area contributed by atoms with E-state index < -0.39 is 24.0 Å². The molecule has 0 aliphatic heterocycles. The van der Waals surface area contributed by atoms with E-state index in [4.69, 9.17) is 10.3 Å². The second-order valence-electron chi connectivity index (χ2n) is 6.59. The maximum Gasteiger partial charge on any atom is 0.268 e. The molecule has 0 heterocycles. The van der Waals surface area contributed by atoms with Crippen LogP contribution in [0.4, 0.5) is 0 Å². The highest BCUT2D eigenvalue weighted by molar-refractivity contribution is 5.97. The monoisotopic (exact) mass is 411 g/mol. The Hall–Kier alpha value is -3.22. The summed E-state index contributed by atoms with van der Waals surface area (Å²) < 4.78 is 0. The standard InChI is InChI=1S/C22H25N3O5/c1-15(27)20(22(29)25-30)24-21(28)19-10-8-17(9-11-19)3-2-16-4-6-18(7-5-16)14-23-12-13-26/h4-11,15,20,23,26-27,30H,12-14H2,1H3,(H,24,28)(H,25,29). The number of hydroxylamine groups is 1. The Kier molecular flexibility index (Phi) is 9.00. The topological polar surface area (TPSA) is 131 Å². The van der Waals surface area contributed by atoms with Gasteiger partial charge in [-0.05, 0) is 48.9 Å². The van der Waals surface area contributed by atoms with Gasteiger partial charge in [0.25, 0.3) is 11.8 Å². The zero-order chi connectivity index (χ0) is 21.9. The van der Waals surface area contributed by atoms with Crippen molar-refractivity contribution in [3.05, 3.63) is 70.8 Å². The molecule has 2 aromatic rings. The summed E-state index contributed by atoms with van der Waals surface area (Å²) in [5, 5.41) is 32.5. The summed E-state index contributed by atoms with van der Waals surface area (Å²) in [5.41, 5.74) is 4.35. The van der Waals surface area contributed by atoms with E-state index in [0.717, 1.165) is 11.1 Å². The molecular formula is C22H25N3O5. The predicted molar refractivity (Wildman–Crippen MR) is 111 cm³/mol. The van der Waals surface area contributed by atoms with Gasteiger partial charge >= 0.3 is 0 Å². The van der Waals surface area contributed by atoms with Gasteiger partial charge in [-0.1, -0.05) is 24.0 Å². The number of rotatable bonds is 8. The number of nitrogens with one attached hydrogen (secondary N) is 3. The van der Waals surface area contributed by atoms with Crippen LogP contribution >= 0.6 is 0 Å². The van der Waals surface area contributed by atoms with E-state index in [1.54, 1.807) is 24.3 Å². The Bertz CT molecular complexity index is 899. The molecule has 0 aliphatic carbocycles. The Morgan fingerprint density at radius 2 is 1.57 bits per heavy atom. The third-order valence-corrected chi connectivity index (χ3v) is 4.23. The van der Waals surface area contributed by atoms with Crippen LogP contribution in [0.1, 0.15) is 34.0 Å². The zero-order valence-corrected chi connectivity index (χ0v) is 16.6. The second-order valence-corrected chi connectivity index (χ2v) is 6.59. The number of amides is 2. The van der Waals surface area contributed by atoms with E-state index >= 15 is 0 Å². The molecule has 0 saturated carbocycles. The van der Waals surface area contributed by atoms with Crippen molar-refractivity contribution in [2.75, 3.05) is 13.2 Å². The van der Waals surface area contributed by atoms with Gasteiger partial charge in [0.1, 0.15) is 6.04 Å². The molecule has 8 heteroatoms. The number of carbonyl (C=O) groups is 2. The average Bonchev–Trinajstić information content (AvgIpc) is 2.76. The van der Waals surface area contributed by atoms with Crippen molar-refractivity contribution in [2.45, 2.75) is 25.6 Å². The van der Waals surface area contributed by atoms with Crippen LogP contribution in [-0.2, 0) is 11.3 Å². The first-order chi connectivity index (χ1) is 14.4. The van der Waals surface area contributed by atoms with Crippen LogP contribution in [0.25, 0.3) is 0 Å². The van der Waals surface area contributed by atoms with Crippen LogP contribution in [0.15, 0.2) is 48.5 Å². The van der Waals surface area contributed by atoms with E-state index in [9.17, 15) is 14.7 Å². The van der Waals surface area contributed by atoms with Crippen molar-refractivity contribution in [3.63, 3.8) is 0 Å². The fraction of sp³-hybridized carbons (Fsp3) is 0.273. The SMILES string of the molecule is CC(O)C(NC(=O)c1ccc(C#Cc2ccc(CNCCO)cc2)cc1)C(=O)NO. The van der Waals surface area contributed by atoms with Crippen molar-refractivity contribution in [3.8, 4) is 11.8 Å². The van der Waals surface area contributed by atoms with Gasteiger partial charge in [0, 0.05) is 29.8 Å². The molecule has 0 aliphatic rings. The molecule has 2 atom stereocenters. The van der Waals surface area contributed by atoms with Gasteiger partial charge in [0.05, 0.1) is 12.7 Å². The van der Waals surface area contributed by atoms with Crippen LogP contribution in [0, 0.1) is 11.8 Å². The molecule has 0 radical (unpaired) electrons. The predicted octanol–water partition coefficient (Wildman–Crippen LogP) is 0.153. The van der Waals surface area contributed by atoms with Crippen LogP contribution in [0.2, 0.25) is 0 Å². The number of hydrogen-bond donors (Lipinski definition) is 6. The quantitative estimate of drug-likeness (QED) is 0.159. The van der Waals surface area contributed by atoms with Gasteiger partial charge in [0.15, 0.2) is 0 Å². The van der Waals surface area contributed by atoms with E-state index in [1.807, 2.05) is 24.3 Å². The molecule has 0 aromatic heterocycles. The molecule has 8 nitrogen and oxygen atoms in total. The first-order valence-electron chi connectivity index (χ1n) is 9.40. The summed E-state index contributed by atoms with van der Waals surface area (Å²) >= 11 is 0. The summed E-state index contributed by atoms with van der Waals surface area (Å²) in [4.78, 5) is 23.8. The van der Waals surface area contributed by atoms with E-state index in [0.29, 0.717) is 18.7 Å². The Balaban J connectivity index is 1.99. The minimum absolute atomic E-state index is 0.100. The minimum atomic E-state index is -1.27. The van der Waals surface area contributed by atoms with Gasteiger partial charge < -0.3 is 20.8 Å². The summed E-state index contributed by atoms with van der Waals surface area (Å²) in [6.45, 7) is 2.65. The van der Waals surface area contributed by atoms with Gasteiger partial charge in [-0.2, -0.15) is 0 Å². The number of aliphatic hydroxyl groups excluding tert-OH is 2. The van der Waals surface area contributed by atoms with Crippen LogP contribution in [0.5, 0.6) is 0 Å². The fourth-order valence-corrected chi connectivity index (χ4v) is 2.57. The first-order valence-corrected chi connectivity index (χ1v) is 9.40. The van der Waals surface area contributed by atoms with Gasteiger partial charge in [-0.3, -0.25) is 14.8 Å². The minimum Gasteiger partial charge on any atom is -0.395 e. The molecular weight excluding hydrogens is 386 g/mol. The van der Waals surface area contributed by atoms with Crippen LogP contribution < -0.4 is 16.1 Å². The van der Waals surface area contributed by atoms with Gasteiger partial charge in [-0.15, -0.1) is 0 Å². The molecule has 0 spiro atoms. The third kappa shape index (κ3) is 6.99. The van der Waals surface area contributed by atoms with E-state index in [-0.39, 0.29) is 12.2 Å². The summed E-state index contributed by atoms with van der Waals surface area (Å²) in [5.74, 6) is 4.60. The number of hydrogen-bond acceptors (Lipinski definition) is 6. The van der Waals surface area contributed by atoms with E-state index in [1.165, 1.54) is 12.4 Å². The maximum absolute atomic E-state index is 12.3. The van der Waals surface area contributed by atoms with Crippen molar-refractivity contribution in [1.82, 2.24) is 16.1 Å². The van der Waals surface area contributed by atoms with Gasteiger partial charge in [-0.25, -0.2) is 5.48 Å². The second kappa shape index (κ2) is 11.7. The van der Waals surface area contributed by atoms with Crippen molar-refractivity contribution < 1.29 is 25.0 Å². The zero-order valence-electron chi connectivity index (χ0n) is 16.6. The molecule has 2 unspecified atom stereocenters. The molecule has 6 N–H and O–H groups in total. The van der Waals surface area contributed by atoms with Crippen molar-refractivity contribution in [1.29, 1.82) is 0 Å². The summed E-state index contributed by atoms with van der Waals surface area (Å²) in [7, 11) is 0. The smallest absolute Gasteiger partial charge is 0.268 e. The highest BCUT2D eigenvalue weighted by atomic mass is 16.5. The highest BCUT2D eigenvalue weighted by Crippen LogP contribution is 2.07. The maximum atomic E-state index is 12.3. The fourth-order valence-electron chi connectivity index (χ4n) is 2.57. The molecule has 30 heavy (non-hydrogen) atoms. The lowest BCUT2D eigenvalue weighted by Crippen LogP contribution is -2.51. The van der Waals surface area contributed by atoms with Crippen LogP contribution in [-0.4, -0.2) is 52.5 Å². The van der Waals surface area contributed by atoms with Crippen molar-refractivity contribution in [2.24, 2.45) is 0 Å². The molecule has 158 valence electrons. The number of benzene rings is 2. The number of carbonyl (C=O) groups excluding carboxylic acids is 2. The molecule has 0 saturated heterocycles. The average molecular weight is 411 g/mol. The lowest BCUT2D eigenvalue weighted by atomic mass is 10.1. The molecule has 0 bridgehead atoms. The first kappa shape index (κ1) is 23.1. The normalized spacial score (nSPS) is 12.3. The van der Waals surface area contributed by atoms with Crippen LogP contribution in [0.3, 0.4) is 0 Å². The molecule has 2 rings (SSSR count). The summed E-state index contributed by atoms with van der Waals surface area (Å²) in [6, 6.07) is 12.9. The number of aliphatic hydroxyl groups is 2. The summed E-state index contributed by atoms with van der Waals surface area (Å²) in [6.07, 6.45) is -1.18. The van der Waals surface area contributed by atoms with Crippen molar-refractivity contribution >= 4 is 11.8 Å². The molecule has 2 aromatic carbocycles. The van der Waals surface area contributed by atoms with E-state index in [2.05, 4.69) is 22.5 Å². The molecule has 2 amide bonds. The lowest BCUT2D eigenvalue weighted by Gasteiger charge is -2.19. The Labute approximate surface area is 174 Å². The largest absolute Gasteiger partial charge is 0.395 e. The lowest BCUT2D eigenvalue weighted by molar-refractivity contribution is -0.133. The third-order valence-electron chi connectivity index (χ3n) is 4.23. The van der Waals surface area contributed by atoms with Gasteiger partial charge in [0.2, 0.25) is 0 Å². The Morgan fingerprint density at radius 3 is 2.07 bits per heavy atom. The Morgan fingerprint density at radius 1 is 1.00 bits per heavy atom.